The molecule has 0 fully saturated rings. The zero-order valence-corrected chi connectivity index (χ0v) is 15.3. The van der Waals surface area contributed by atoms with Gasteiger partial charge in [0.15, 0.2) is 6.61 Å². The largest absolute Gasteiger partial charge is 0.497 e. The first-order valence-corrected chi connectivity index (χ1v) is 8.15. The van der Waals surface area contributed by atoms with Crippen molar-refractivity contribution in [2.75, 3.05) is 19.0 Å². The lowest BCUT2D eigenvalue weighted by atomic mass is 10.2. The van der Waals surface area contributed by atoms with E-state index in [1.54, 1.807) is 30.3 Å². The van der Waals surface area contributed by atoms with Gasteiger partial charge in [0.05, 0.1) is 18.4 Å². The fourth-order valence-electron chi connectivity index (χ4n) is 1.75. The minimum atomic E-state index is -0.613. The highest BCUT2D eigenvalue weighted by molar-refractivity contribution is 9.11. The molecule has 23 heavy (non-hydrogen) atoms. The van der Waals surface area contributed by atoms with Crippen molar-refractivity contribution in [1.82, 2.24) is 0 Å². The number of esters is 1. The molecule has 120 valence electrons. The smallest absolute Gasteiger partial charge is 0.339 e. The van der Waals surface area contributed by atoms with Gasteiger partial charge in [-0.3, -0.25) is 4.79 Å². The average Bonchev–Trinajstić information content (AvgIpc) is 2.55. The van der Waals surface area contributed by atoms with Gasteiger partial charge in [0, 0.05) is 8.95 Å². The van der Waals surface area contributed by atoms with Gasteiger partial charge in [-0.15, -0.1) is 0 Å². The molecule has 5 nitrogen and oxygen atoms in total. The van der Waals surface area contributed by atoms with Crippen LogP contribution in [0.25, 0.3) is 0 Å². The number of nitrogens with one attached hydrogen (secondary N) is 1. The predicted octanol–water partition coefficient (Wildman–Crippen LogP) is 4.02. The summed E-state index contributed by atoms with van der Waals surface area (Å²) in [5.74, 6) is -0.514. The maximum Gasteiger partial charge on any atom is 0.339 e. The van der Waals surface area contributed by atoms with Crippen LogP contribution in [0, 0.1) is 0 Å². The third kappa shape index (κ3) is 4.80. The molecule has 7 heteroatoms. The summed E-state index contributed by atoms with van der Waals surface area (Å²) in [6.45, 7) is -0.385. The van der Waals surface area contributed by atoms with Crippen LogP contribution in [0.5, 0.6) is 5.75 Å². The highest BCUT2D eigenvalue weighted by Crippen LogP contribution is 2.23. The van der Waals surface area contributed by atoms with Gasteiger partial charge in [-0.05, 0) is 62.2 Å². The highest BCUT2D eigenvalue weighted by Gasteiger charge is 2.15. The molecule has 0 atom stereocenters. The molecule has 2 rings (SSSR count). The molecule has 0 bridgehead atoms. The maximum absolute atomic E-state index is 12.1. The molecule has 0 spiro atoms. The number of amides is 1. The Bertz CT molecular complexity index is 734. The molecule has 0 aliphatic heterocycles. The number of carbonyl (C=O) groups is 2. The van der Waals surface area contributed by atoms with Crippen molar-refractivity contribution >= 4 is 49.4 Å². The van der Waals surface area contributed by atoms with Crippen LogP contribution in [-0.4, -0.2) is 25.6 Å². The van der Waals surface area contributed by atoms with Crippen LogP contribution in [0.4, 0.5) is 5.69 Å². The second-order valence-corrected chi connectivity index (χ2v) is 6.16. The van der Waals surface area contributed by atoms with Gasteiger partial charge in [0.2, 0.25) is 0 Å². The Morgan fingerprint density at radius 2 is 1.83 bits per heavy atom. The van der Waals surface area contributed by atoms with E-state index < -0.39 is 11.9 Å². The van der Waals surface area contributed by atoms with E-state index in [1.807, 2.05) is 6.07 Å². The highest BCUT2D eigenvalue weighted by atomic mass is 79.9. The van der Waals surface area contributed by atoms with Crippen molar-refractivity contribution < 1.29 is 19.1 Å². The maximum atomic E-state index is 12.1. The average molecular weight is 443 g/mol. The second kappa shape index (κ2) is 8.12. The lowest BCUT2D eigenvalue weighted by Gasteiger charge is -2.09. The van der Waals surface area contributed by atoms with Gasteiger partial charge in [0.1, 0.15) is 5.75 Å². The summed E-state index contributed by atoms with van der Waals surface area (Å²) in [4.78, 5) is 23.9. The molecule has 1 N–H and O–H groups in total. The number of hydrogen-bond donors (Lipinski definition) is 1. The van der Waals surface area contributed by atoms with Crippen LogP contribution >= 0.6 is 31.9 Å². The molecule has 0 unspecified atom stereocenters. The van der Waals surface area contributed by atoms with Crippen molar-refractivity contribution in [3.05, 3.63) is 57.0 Å². The number of anilines is 1. The summed E-state index contributed by atoms with van der Waals surface area (Å²) in [5, 5.41) is 2.65. The minimum Gasteiger partial charge on any atom is -0.497 e. The Labute approximate surface area is 150 Å². The molecule has 2 aromatic rings. The molecule has 1 amide bonds. The molecule has 0 radical (unpaired) electrons. The molecule has 0 saturated heterocycles. The summed E-state index contributed by atoms with van der Waals surface area (Å²) in [7, 11) is 1.50. The molecule has 0 saturated carbocycles. The summed E-state index contributed by atoms with van der Waals surface area (Å²) < 4.78 is 11.4. The second-order valence-electron chi connectivity index (χ2n) is 4.45. The topological polar surface area (TPSA) is 64.6 Å². The fourth-order valence-corrected chi connectivity index (χ4v) is 2.54. The molecule has 0 aliphatic carbocycles. The van der Waals surface area contributed by atoms with Crippen molar-refractivity contribution in [1.29, 1.82) is 0 Å². The SMILES string of the molecule is COc1ccc(Br)c(C(=O)OCC(=O)Nc2ccccc2Br)c1. The molecular weight excluding hydrogens is 430 g/mol. The van der Waals surface area contributed by atoms with E-state index in [-0.39, 0.29) is 12.2 Å². The Morgan fingerprint density at radius 1 is 1.09 bits per heavy atom. The molecule has 2 aromatic carbocycles. The van der Waals surface area contributed by atoms with E-state index in [9.17, 15) is 9.59 Å². The number of rotatable bonds is 5. The van der Waals surface area contributed by atoms with Gasteiger partial charge < -0.3 is 14.8 Å². The van der Waals surface area contributed by atoms with Crippen molar-refractivity contribution in [3.63, 3.8) is 0 Å². The van der Waals surface area contributed by atoms with Crippen LogP contribution in [0.3, 0.4) is 0 Å². The van der Waals surface area contributed by atoms with Gasteiger partial charge in [-0.1, -0.05) is 12.1 Å². The van der Waals surface area contributed by atoms with E-state index in [4.69, 9.17) is 9.47 Å². The molecule has 0 aromatic heterocycles. The first kappa shape index (κ1) is 17.5. The monoisotopic (exact) mass is 441 g/mol. The number of ether oxygens (including phenoxy) is 2. The van der Waals surface area contributed by atoms with Crippen LogP contribution < -0.4 is 10.1 Å². The third-order valence-corrected chi connectivity index (χ3v) is 4.26. The quantitative estimate of drug-likeness (QED) is 0.710. The van der Waals surface area contributed by atoms with Gasteiger partial charge in [0.25, 0.3) is 5.91 Å². The first-order valence-electron chi connectivity index (χ1n) is 6.56. The molecule has 0 heterocycles. The summed E-state index contributed by atoms with van der Waals surface area (Å²) in [6, 6.07) is 12.1. The van der Waals surface area contributed by atoms with E-state index in [0.29, 0.717) is 15.9 Å². The number of benzene rings is 2. The summed E-state index contributed by atoms with van der Waals surface area (Å²) >= 11 is 6.59. The number of halogens is 2. The Kier molecular flexibility index (Phi) is 6.18. The van der Waals surface area contributed by atoms with Crippen LogP contribution in [0.2, 0.25) is 0 Å². The van der Waals surface area contributed by atoms with Crippen LogP contribution in [0.1, 0.15) is 10.4 Å². The lowest BCUT2D eigenvalue weighted by molar-refractivity contribution is -0.119. The standard InChI is InChI=1S/C16H13Br2NO4/c1-22-10-6-7-12(17)11(8-10)16(21)23-9-15(20)19-14-5-3-2-4-13(14)18/h2-8H,9H2,1H3,(H,19,20). The number of carbonyl (C=O) groups excluding carboxylic acids is 2. The Balaban J connectivity index is 1.96. The first-order chi connectivity index (χ1) is 11.0. The van der Waals surface area contributed by atoms with E-state index >= 15 is 0 Å². The van der Waals surface area contributed by atoms with E-state index in [0.717, 1.165) is 4.47 Å². The minimum absolute atomic E-state index is 0.290. The Hall–Kier alpha value is -1.86. The van der Waals surface area contributed by atoms with E-state index in [2.05, 4.69) is 37.2 Å². The predicted molar refractivity (Wildman–Crippen MR) is 93.7 cm³/mol. The van der Waals surface area contributed by atoms with Crippen molar-refractivity contribution in [2.24, 2.45) is 0 Å². The van der Waals surface area contributed by atoms with Crippen molar-refractivity contribution in [2.45, 2.75) is 0 Å². The molecule has 0 aliphatic rings. The van der Waals surface area contributed by atoms with E-state index in [1.165, 1.54) is 13.2 Å². The molecular formula is C16H13Br2NO4. The number of hydrogen-bond acceptors (Lipinski definition) is 4. The fraction of sp³-hybridized carbons (Fsp3) is 0.125. The zero-order valence-electron chi connectivity index (χ0n) is 12.1. The zero-order chi connectivity index (χ0) is 16.8. The summed E-state index contributed by atoms with van der Waals surface area (Å²) in [6.07, 6.45) is 0. The van der Waals surface area contributed by atoms with Gasteiger partial charge >= 0.3 is 5.97 Å². The number of para-hydroxylation sites is 1. The van der Waals surface area contributed by atoms with Gasteiger partial charge in [-0.25, -0.2) is 4.79 Å². The number of methoxy groups -OCH3 is 1. The normalized spacial score (nSPS) is 10.0. The van der Waals surface area contributed by atoms with Crippen molar-refractivity contribution in [3.8, 4) is 5.75 Å². The van der Waals surface area contributed by atoms with Crippen LogP contribution in [-0.2, 0) is 9.53 Å². The third-order valence-electron chi connectivity index (χ3n) is 2.88. The summed E-state index contributed by atoms with van der Waals surface area (Å²) in [5.41, 5.74) is 0.897. The van der Waals surface area contributed by atoms with Crippen LogP contribution in [0.15, 0.2) is 51.4 Å². The van der Waals surface area contributed by atoms with Gasteiger partial charge in [-0.2, -0.15) is 0 Å². The Morgan fingerprint density at radius 3 is 2.52 bits per heavy atom. The lowest BCUT2D eigenvalue weighted by Crippen LogP contribution is -2.21.